The van der Waals surface area contributed by atoms with Gasteiger partial charge in [-0.15, -0.1) is 5.10 Å². The van der Waals surface area contributed by atoms with Crippen LogP contribution in [0.1, 0.15) is 48.3 Å². The van der Waals surface area contributed by atoms with Crippen molar-refractivity contribution >= 4 is 10.9 Å². The average Bonchev–Trinajstić information content (AvgIpc) is 3.43. The van der Waals surface area contributed by atoms with E-state index in [1.807, 2.05) is 54.1 Å². The van der Waals surface area contributed by atoms with Gasteiger partial charge in [0.05, 0.1) is 38.4 Å². The summed E-state index contributed by atoms with van der Waals surface area (Å²) < 4.78 is 12.7. The predicted molar refractivity (Wildman–Crippen MR) is 155 cm³/mol. The summed E-state index contributed by atoms with van der Waals surface area (Å²) in [6.45, 7) is 10.5. The van der Waals surface area contributed by atoms with E-state index in [1.54, 1.807) is 7.11 Å². The van der Waals surface area contributed by atoms with E-state index >= 15 is 0 Å². The molecule has 0 saturated carbocycles. The second-order valence-corrected chi connectivity index (χ2v) is 10.4. The van der Waals surface area contributed by atoms with E-state index in [4.69, 9.17) is 9.47 Å². The molecule has 40 heavy (non-hydrogen) atoms. The summed E-state index contributed by atoms with van der Waals surface area (Å²) in [5, 5.41) is 13.9. The standard InChI is InChI=1S/C30H39N7O3/c1-4-27(29-32-33-34-37(29)20-23-9-11-26(39-3)12-10-23)36(14-6-13-35-15-17-40-18-16-35)21-25-19-24-8-5-7-22(2)28(24)31-30(25)38/h5,7-12,19,27H,4,6,13-18,20-21H2,1-3H3,(H,31,38)/t27-/m0/s1. The third-order valence-electron chi connectivity index (χ3n) is 7.74. The van der Waals surface area contributed by atoms with Gasteiger partial charge in [-0.1, -0.05) is 37.3 Å². The lowest BCUT2D eigenvalue weighted by molar-refractivity contribution is 0.0349. The molecule has 1 saturated heterocycles. The van der Waals surface area contributed by atoms with E-state index in [0.29, 0.717) is 13.1 Å². The van der Waals surface area contributed by atoms with Crippen molar-refractivity contribution in [2.24, 2.45) is 0 Å². The highest BCUT2D eigenvalue weighted by Crippen LogP contribution is 2.26. The van der Waals surface area contributed by atoms with Crippen LogP contribution in [0.15, 0.2) is 53.3 Å². The molecule has 1 aliphatic heterocycles. The maximum atomic E-state index is 13.2. The van der Waals surface area contributed by atoms with Gasteiger partial charge in [-0.05, 0) is 71.4 Å². The number of ether oxygens (including phenoxy) is 2. The molecule has 0 unspecified atom stereocenters. The van der Waals surface area contributed by atoms with Gasteiger partial charge < -0.3 is 14.5 Å². The summed E-state index contributed by atoms with van der Waals surface area (Å²) in [6, 6.07) is 16.0. The molecular weight excluding hydrogens is 506 g/mol. The summed E-state index contributed by atoms with van der Waals surface area (Å²) in [7, 11) is 1.66. The number of aromatic nitrogens is 5. The molecule has 1 fully saturated rings. The first kappa shape index (κ1) is 27.9. The Morgan fingerprint density at radius 3 is 2.70 bits per heavy atom. The van der Waals surface area contributed by atoms with Crippen molar-refractivity contribution in [2.45, 2.75) is 45.8 Å². The molecule has 0 spiro atoms. The van der Waals surface area contributed by atoms with Crippen molar-refractivity contribution in [2.75, 3.05) is 46.5 Å². The van der Waals surface area contributed by atoms with Crippen LogP contribution in [0.25, 0.3) is 10.9 Å². The van der Waals surface area contributed by atoms with Crippen LogP contribution in [0.5, 0.6) is 5.75 Å². The van der Waals surface area contributed by atoms with Gasteiger partial charge in [-0.25, -0.2) is 4.68 Å². The molecule has 0 radical (unpaired) electrons. The van der Waals surface area contributed by atoms with Gasteiger partial charge in [0.1, 0.15) is 5.75 Å². The van der Waals surface area contributed by atoms with Crippen LogP contribution in [0, 0.1) is 6.92 Å². The summed E-state index contributed by atoms with van der Waals surface area (Å²) in [5.41, 5.74) is 3.74. The quantitative estimate of drug-likeness (QED) is 0.288. The lowest BCUT2D eigenvalue weighted by atomic mass is 10.1. The minimum atomic E-state index is -0.0504. The number of rotatable bonds is 12. The molecule has 1 aliphatic rings. The molecule has 0 amide bonds. The van der Waals surface area contributed by atoms with Crippen LogP contribution in [0.3, 0.4) is 0 Å². The van der Waals surface area contributed by atoms with E-state index in [2.05, 4.69) is 43.3 Å². The lowest BCUT2D eigenvalue weighted by Gasteiger charge is -2.32. The summed E-state index contributed by atoms with van der Waals surface area (Å²) in [6.07, 6.45) is 1.78. The molecule has 2 aromatic heterocycles. The number of pyridine rings is 1. The maximum Gasteiger partial charge on any atom is 0.252 e. The molecule has 4 aromatic rings. The van der Waals surface area contributed by atoms with E-state index in [0.717, 1.165) is 91.4 Å². The number of para-hydroxylation sites is 1. The number of nitrogens with zero attached hydrogens (tertiary/aromatic N) is 6. The van der Waals surface area contributed by atoms with E-state index in [1.165, 1.54) is 0 Å². The normalized spacial score (nSPS) is 15.1. The van der Waals surface area contributed by atoms with Crippen LogP contribution >= 0.6 is 0 Å². The first-order chi connectivity index (χ1) is 19.6. The molecule has 2 aromatic carbocycles. The Balaban J connectivity index is 1.41. The van der Waals surface area contributed by atoms with Crippen molar-refractivity contribution in [3.8, 4) is 5.75 Å². The third kappa shape index (κ3) is 6.57. The highest BCUT2D eigenvalue weighted by atomic mass is 16.5. The van der Waals surface area contributed by atoms with Gasteiger partial charge in [0.25, 0.3) is 5.56 Å². The van der Waals surface area contributed by atoms with Crippen molar-refractivity contribution in [1.29, 1.82) is 0 Å². The fourth-order valence-electron chi connectivity index (χ4n) is 5.50. The minimum Gasteiger partial charge on any atom is -0.497 e. The number of nitrogens with one attached hydrogen (secondary N) is 1. The number of methoxy groups -OCH3 is 1. The molecule has 1 N–H and O–H groups in total. The van der Waals surface area contributed by atoms with Crippen molar-refractivity contribution in [3.63, 3.8) is 0 Å². The second-order valence-electron chi connectivity index (χ2n) is 10.4. The number of aromatic amines is 1. The summed E-state index contributed by atoms with van der Waals surface area (Å²) in [5.74, 6) is 1.62. The fourth-order valence-corrected chi connectivity index (χ4v) is 5.50. The van der Waals surface area contributed by atoms with Crippen LogP contribution in [0.2, 0.25) is 0 Å². The van der Waals surface area contributed by atoms with Gasteiger partial charge in [0.2, 0.25) is 0 Å². The molecule has 5 rings (SSSR count). The van der Waals surface area contributed by atoms with E-state index in [9.17, 15) is 4.79 Å². The summed E-state index contributed by atoms with van der Waals surface area (Å²) in [4.78, 5) is 21.2. The molecule has 1 atom stereocenters. The highest BCUT2D eigenvalue weighted by Gasteiger charge is 2.26. The molecule has 3 heterocycles. The van der Waals surface area contributed by atoms with Crippen LogP contribution in [-0.4, -0.2) is 81.5 Å². The summed E-state index contributed by atoms with van der Waals surface area (Å²) >= 11 is 0. The Bertz CT molecular complexity index is 1440. The molecule has 10 nitrogen and oxygen atoms in total. The predicted octanol–water partition coefficient (Wildman–Crippen LogP) is 3.56. The molecule has 212 valence electrons. The number of benzene rings is 2. The smallest absolute Gasteiger partial charge is 0.252 e. The van der Waals surface area contributed by atoms with Crippen molar-refractivity contribution in [3.05, 3.63) is 81.4 Å². The number of morpholine rings is 1. The monoisotopic (exact) mass is 545 g/mol. The van der Waals surface area contributed by atoms with Crippen molar-refractivity contribution in [1.82, 2.24) is 35.0 Å². The number of fused-ring (bicyclic) bond motifs is 1. The molecule has 0 bridgehead atoms. The second kappa shape index (κ2) is 13.2. The Kier molecular flexibility index (Phi) is 9.20. The van der Waals surface area contributed by atoms with E-state index in [-0.39, 0.29) is 11.6 Å². The SMILES string of the molecule is CC[C@@H](c1nnnn1Cc1ccc(OC)cc1)N(CCCN1CCOCC1)Cc1cc2cccc(C)c2[nH]c1=O. The first-order valence-corrected chi connectivity index (χ1v) is 14.1. The van der Waals surface area contributed by atoms with Gasteiger partial charge in [0, 0.05) is 31.7 Å². The highest BCUT2D eigenvalue weighted by molar-refractivity contribution is 5.81. The molecule has 10 heteroatoms. The molecule has 0 aliphatic carbocycles. The first-order valence-electron chi connectivity index (χ1n) is 14.1. The average molecular weight is 546 g/mol. The Morgan fingerprint density at radius 2 is 1.95 bits per heavy atom. The Hall–Kier alpha value is -3.60. The van der Waals surface area contributed by atoms with Gasteiger partial charge in [0.15, 0.2) is 5.82 Å². The zero-order valence-electron chi connectivity index (χ0n) is 23.7. The topological polar surface area (TPSA) is 101 Å². The third-order valence-corrected chi connectivity index (χ3v) is 7.74. The van der Waals surface area contributed by atoms with Gasteiger partial charge in [-0.2, -0.15) is 0 Å². The van der Waals surface area contributed by atoms with Crippen LogP contribution in [0.4, 0.5) is 0 Å². The van der Waals surface area contributed by atoms with Crippen molar-refractivity contribution < 1.29 is 9.47 Å². The van der Waals surface area contributed by atoms with Gasteiger partial charge in [-0.3, -0.25) is 14.6 Å². The maximum absolute atomic E-state index is 13.2. The number of hydrogen-bond acceptors (Lipinski definition) is 8. The number of H-pyrrole nitrogens is 1. The minimum absolute atomic E-state index is 0.0485. The Labute approximate surface area is 234 Å². The largest absolute Gasteiger partial charge is 0.497 e. The molecular formula is C30H39N7O3. The number of hydrogen-bond donors (Lipinski definition) is 1. The number of tetrazole rings is 1. The zero-order valence-corrected chi connectivity index (χ0v) is 23.7. The van der Waals surface area contributed by atoms with Gasteiger partial charge >= 0.3 is 0 Å². The van der Waals surface area contributed by atoms with Crippen LogP contribution < -0.4 is 10.3 Å². The zero-order chi connectivity index (χ0) is 27.9. The fraction of sp³-hybridized carbons (Fsp3) is 0.467. The Morgan fingerprint density at radius 1 is 1.15 bits per heavy atom. The number of aryl methyl sites for hydroxylation is 1. The van der Waals surface area contributed by atoms with E-state index < -0.39 is 0 Å². The lowest BCUT2D eigenvalue weighted by Crippen LogP contribution is -2.39. The van der Waals surface area contributed by atoms with Crippen LogP contribution in [-0.2, 0) is 17.8 Å².